The number of ether oxygens (including phenoxy) is 5. The zero-order chi connectivity index (χ0) is 40.1. The molecule has 7 unspecified atom stereocenters. The third kappa shape index (κ3) is 5.70. The molecular formula is C41H68O14. The van der Waals surface area contributed by atoms with Crippen LogP contribution in [0.4, 0.5) is 0 Å². The van der Waals surface area contributed by atoms with Gasteiger partial charge in [-0.2, -0.15) is 0 Å². The normalized spacial score (nSPS) is 58.7. The van der Waals surface area contributed by atoms with E-state index in [0.717, 1.165) is 32.1 Å². The Labute approximate surface area is 324 Å². The number of hydrogen-bond donors (Lipinski definition) is 9. The van der Waals surface area contributed by atoms with Crippen LogP contribution in [0.15, 0.2) is 0 Å². The summed E-state index contributed by atoms with van der Waals surface area (Å²) in [5.41, 5.74) is -3.16. The molecule has 14 heteroatoms. The highest BCUT2D eigenvalue weighted by Crippen LogP contribution is 2.89. The molecule has 0 amide bonds. The Morgan fingerprint density at radius 2 is 1.40 bits per heavy atom. The fraction of sp³-hybridized carbons (Fsp3) is 1.00. The first-order chi connectivity index (χ1) is 25.5. The molecule has 316 valence electrons. The van der Waals surface area contributed by atoms with Crippen LogP contribution >= 0.6 is 0 Å². The Balaban J connectivity index is 1.15. The molecule has 8 rings (SSSR count). The van der Waals surface area contributed by atoms with Gasteiger partial charge in [0.05, 0.1) is 48.8 Å². The molecule has 5 aliphatic carbocycles. The van der Waals surface area contributed by atoms with Gasteiger partial charge >= 0.3 is 0 Å². The van der Waals surface area contributed by atoms with Gasteiger partial charge in [-0.25, -0.2) is 0 Å². The zero-order valence-electron chi connectivity index (χ0n) is 33.6. The van der Waals surface area contributed by atoms with Gasteiger partial charge in [0.2, 0.25) is 0 Å². The topological polar surface area (TPSA) is 228 Å². The minimum Gasteiger partial charge on any atom is -0.394 e. The van der Waals surface area contributed by atoms with E-state index in [2.05, 4.69) is 34.6 Å². The van der Waals surface area contributed by atoms with Crippen molar-refractivity contribution in [2.45, 2.75) is 197 Å². The van der Waals surface area contributed by atoms with Crippen LogP contribution < -0.4 is 0 Å². The summed E-state index contributed by atoms with van der Waals surface area (Å²) in [7, 11) is 0. The fourth-order valence-electron chi connectivity index (χ4n) is 14.9. The molecule has 21 atom stereocenters. The third-order valence-corrected chi connectivity index (χ3v) is 17.6. The molecule has 5 saturated carbocycles. The van der Waals surface area contributed by atoms with Gasteiger partial charge in [-0.15, -0.1) is 0 Å². The van der Waals surface area contributed by atoms with Gasteiger partial charge in [-0.1, -0.05) is 27.7 Å². The van der Waals surface area contributed by atoms with Crippen molar-refractivity contribution >= 4 is 0 Å². The van der Waals surface area contributed by atoms with Crippen LogP contribution in [0.3, 0.4) is 0 Å². The van der Waals surface area contributed by atoms with E-state index in [0.29, 0.717) is 25.7 Å². The lowest BCUT2D eigenvalue weighted by Gasteiger charge is -2.65. The molecule has 0 aromatic heterocycles. The maximum Gasteiger partial charge on any atom is 0.186 e. The third-order valence-electron chi connectivity index (χ3n) is 17.6. The van der Waals surface area contributed by atoms with Gasteiger partial charge in [0.15, 0.2) is 12.6 Å². The lowest BCUT2D eigenvalue weighted by Crippen LogP contribution is -2.65. The van der Waals surface area contributed by atoms with E-state index in [4.69, 9.17) is 23.7 Å². The van der Waals surface area contributed by atoms with Crippen LogP contribution in [-0.4, -0.2) is 150 Å². The van der Waals surface area contributed by atoms with Gasteiger partial charge in [-0.3, -0.25) is 0 Å². The van der Waals surface area contributed by atoms with Crippen molar-refractivity contribution < 1.29 is 69.6 Å². The van der Waals surface area contributed by atoms with Gasteiger partial charge < -0.3 is 69.6 Å². The van der Waals surface area contributed by atoms with Crippen molar-refractivity contribution in [3.05, 3.63) is 0 Å². The number of hydrogen-bond acceptors (Lipinski definition) is 14. The summed E-state index contributed by atoms with van der Waals surface area (Å²) < 4.78 is 31.9. The molecule has 2 spiro atoms. The van der Waals surface area contributed by atoms with Crippen molar-refractivity contribution in [3.8, 4) is 0 Å². The molecule has 8 fully saturated rings. The quantitative estimate of drug-likeness (QED) is 0.162. The zero-order valence-corrected chi connectivity index (χ0v) is 33.6. The summed E-state index contributed by atoms with van der Waals surface area (Å²) in [4.78, 5) is 0. The highest BCUT2D eigenvalue weighted by atomic mass is 16.7. The molecule has 8 aliphatic rings. The Morgan fingerprint density at radius 1 is 0.709 bits per heavy atom. The maximum atomic E-state index is 12.2. The molecule has 3 heterocycles. The molecule has 3 aliphatic heterocycles. The molecular weight excluding hydrogens is 716 g/mol. The summed E-state index contributed by atoms with van der Waals surface area (Å²) in [6.07, 6.45) is -7.48. The Kier molecular flexibility index (Phi) is 9.90. The van der Waals surface area contributed by atoms with Crippen molar-refractivity contribution in [1.29, 1.82) is 0 Å². The monoisotopic (exact) mass is 784 g/mol. The fourth-order valence-corrected chi connectivity index (χ4v) is 14.9. The molecule has 0 bridgehead atoms. The van der Waals surface area contributed by atoms with Crippen LogP contribution in [0, 0.1) is 44.8 Å². The van der Waals surface area contributed by atoms with Gasteiger partial charge in [0.25, 0.3) is 0 Å². The predicted octanol–water partition coefficient (Wildman–Crippen LogP) is 0.724. The second-order valence-electron chi connectivity index (χ2n) is 21.1. The van der Waals surface area contributed by atoms with Crippen LogP contribution in [-0.2, 0) is 23.7 Å². The number of rotatable bonds is 7. The largest absolute Gasteiger partial charge is 0.394 e. The molecule has 55 heavy (non-hydrogen) atoms. The molecule has 0 aromatic rings. The van der Waals surface area contributed by atoms with Crippen LogP contribution in [0.5, 0.6) is 0 Å². The summed E-state index contributed by atoms with van der Waals surface area (Å²) >= 11 is 0. The van der Waals surface area contributed by atoms with E-state index in [9.17, 15) is 46.0 Å². The average molecular weight is 785 g/mol. The van der Waals surface area contributed by atoms with Crippen LogP contribution in [0.25, 0.3) is 0 Å². The minimum atomic E-state index is -1.60. The van der Waals surface area contributed by atoms with Crippen molar-refractivity contribution in [3.63, 3.8) is 0 Å². The standard InChI is InChI=1S/C41H68O14/c1-35(2)24(54-33-29(48)26(45)20(44)17-51-33)9-11-41-18-40(41)13-12-37(5)31(39(7)10-8-25(55-39)36(3,4)50)19(43)15-38(37,6)23(40)14-21(32(35)41)52-34-30(49)28(47)27(46)22(16-42)53-34/h19-34,42-50H,8-18H2,1-7H3/t19?,20-,21+,22-,23?,24+,25+,26+,27-,28+,29-,30-,31?,32?,33+,34-,37-,38+,39?,40?,41?/m1/s1. The summed E-state index contributed by atoms with van der Waals surface area (Å²) in [5.74, 6) is -0.215. The maximum absolute atomic E-state index is 12.2. The van der Waals surface area contributed by atoms with Gasteiger partial charge in [-0.05, 0) is 117 Å². The highest BCUT2D eigenvalue weighted by molar-refractivity contribution is 5.33. The number of fused-ring (bicyclic) bond motifs is 2. The predicted molar refractivity (Wildman–Crippen MR) is 194 cm³/mol. The second-order valence-corrected chi connectivity index (χ2v) is 21.1. The van der Waals surface area contributed by atoms with Gasteiger partial charge in [0.1, 0.15) is 42.7 Å². The van der Waals surface area contributed by atoms with Crippen molar-refractivity contribution in [2.24, 2.45) is 44.8 Å². The minimum absolute atomic E-state index is 0.0633. The SMILES string of the molecule is CC1(C2C(O)C[C@@]3(C)C4C[C@H](O[C@@H]5O[C@H](CO)[C@@H](O)[C@H](O)[C@H]5O)C5C(C)(C)[C@@H](O[C@@H]6OC[C@@H](O)[C@H](O)[C@H]6O)CCC56CC46CC[C@]23C)CC[C@@H](C(C)(C)O)O1. The van der Waals surface area contributed by atoms with Crippen molar-refractivity contribution in [1.82, 2.24) is 0 Å². The summed E-state index contributed by atoms with van der Waals surface area (Å²) in [6, 6.07) is 0. The summed E-state index contributed by atoms with van der Waals surface area (Å²) in [6.45, 7) is 13.8. The second kappa shape index (κ2) is 13.2. The lowest BCUT2D eigenvalue weighted by molar-refractivity contribution is -0.339. The first kappa shape index (κ1) is 41.2. The lowest BCUT2D eigenvalue weighted by atomic mass is 9.41. The first-order valence-corrected chi connectivity index (χ1v) is 20.9. The van der Waals surface area contributed by atoms with Crippen LogP contribution in [0.1, 0.15) is 106 Å². The molecule has 0 radical (unpaired) electrons. The van der Waals surface area contributed by atoms with E-state index in [1.807, 2.05) is 0 Å². The first-order valence-electron chi connectivity index (χ1n) is 20.9. The molecule has 0 aromatic carbocycles. The van der Waals surface area contributed by atoms with E-state index >= 15 is 0 Å². The molecule has 14 nitrogen and oxygen atoms in total. The van der Waals surface area contributed by atoms with E-state index < -0.39 is 96.8 Å². The van der Waals surface area contributed by atoms with E-state index in [1.165, 1.54) is 0 Å². The van der Waals surface area contributed by atoms with E-state index in [1.54, 1.807) is 13.8 Å². The number of aliphatic hydroxyl groups excluding tert-OH is 8. The molecule has 9 N–H and O–H groups in total. The van der Waals surface area contributed by atoms with Gasteiger partial charge in [0, 0.05) is 5.92 Å². The van der Waals surface area contributed by atoms with Crippen LogP contribution in [0.2, 0.25) is 0 Å². The number of aliphatic hydroxyl groups is 9. The average Bonchev–Trinajstić information content (AvgIpc) is 3.47. The molecule has 3 saturated heterocycles. The van der Waals surface area contributed by atoms with Crippen molar-refractivity contribution in [2.75, 3.05) is 13.2 Å². The Hall–Kier alpha value is -0.560. The Morgan fingerprint density at radius 3 is 2.05 bits per heavy atom. The van der Waals surface area contributed by atoms with E-state index in [-0.39, 0.29) is 52.1 Å². The smallest absolute Gasteiger partial charge is 0.186 e. The highest BCUT2D eigenvalue weighted by Gasteiger charge is 2.85. The Bertz CT molecular complexity index is 1460. The summed E-state index contributed by atoms with van der Waals surface area (Å²) in [5, 5.41) is 97.2.